The topological polar surface area (TPSA) is 67.1 Å². The van der Waals surface area contributed by atoms with Crippen LogP contribution in [0.5, 0.6) is 0 Å². The summed E-state index contributed by atoms with van der Waals surface area (Å²) in [5, 5.41) is 0. The molecule has 5 nitrogen and oxygen atoms in total. The molecule has 2 heterocycles. The highest BCUT2D eigenvalue weighted by molar-refractivity contribution is 5.57. The first-order chi connectivity index (χ1) is 9.26. The summed E-state index contributed by atoms with van der Waals surface area (Å²) in [5.41, 5.74) is 6.19. The van der Waals surface area contributed by atoms with Gasteiger partial charge in [-0.1, -0.05) is 18.2 Å². The van der Waals surface area contributed by atoms with Gasteiger partial charge < -0.3 is 10.3 Å². The third kappa shape index (κ3) is 2.37. The Morgan fingerprint density at radius 1 is 1.32 bits per heavy atom. The summed E-state index contributed by atoms with van der Waals surface area (Å²) in [6.07, 6.45) is 1.09. The molecule has 0 bridgehead atoms. The normalized spacial score (nSPS) is 13.5. The van der Waals surface area contributed by atoms with E-state index in [1.54, 1.807) is 0 Å². The number of nitrogens with zero attached hydrogens (tertiary/aromatic N) is 3. The molecule has 3 N–H and O–H groups in total. The van der Waals surface area contributed by atoms with Crippen LogP contribution in [0.1, 0.15) is 17.1 Å². The van der Waals surface area contributed by atoms with Gasteiger partial charge in [-0.05, 0) is 25.0 Å². The van der Waals surface area contributed by atoms with E-state index in [4.69, 9.17) is 5.84 Å². The molecule has 0 unspecified atom stereocenters. The van der Waals surface area contributed by atoms with Gasteiger partial charge in [-0.25, -0.2) is 15.8 Å². The van der Waals surface area contributed by atoms with Crippen molar-refractivity contribution in [1.29, 1.82) is 0 Å². The van der Waals surface area contributed by atoms with E-state index in [9.17, 15) is 0 Å². The van der Waals surface area contributed by atoms with Crippen LogP contribution in [0.2, 0.25) is 0 Å². The highest BCUT2D eigenvalue weighted by Crippen LogP contribution is 2.28. The molecule has 1 aromatic heterocycles. The number of nitrogens with one attached hydrogen (secondary N) is 1. The number of nitrogens with two attached hydrogens (primary N) is 1. The zero-order valence-electron chi connectivity index (χ0n) is 10.9. The summed E-state index contributed by atoms with van der Waals surface area (Å²) in [7, 11) is 0. The van der Waals surface area contributed by atoms with Crippen LogP contribution in [0.15, 0.2) is 30.3 Å². The van der Waals surface area contributed by atoms with Gasteiger partial charge in [0.1, 0.15) is 11.6 Å². The SMILES string of the molecule is Cc1cc(NN)nc(CN2CCc3ccccc32)n1. The van der Waals surface area contributed by atoms with Crippen molar-refractivity contribution >= 4 is 11.5 Å². The average Bonchev–Trinajstić information content (AvgIpc) is 2.82. The van der Waals surface area contributed by atoms with Crippen molar-refractivity contribution in [2.45, 2.75) is 19.9 Å². The Kier molecular flexibility index (Phi) is 3.05. The molecule has 0 amide bonds. The number of fused-ring (bicyclic) bond motifs is 1. The maximum atomic E-state index is 5.42. The Morgan fingerprint density at radius 2 is 2.16 bits per heavy atom. The first-order valence-corrected chi connectivity index (χ1v) is 6.40. The number of hydrogen-bond acceptors (Lipinski definition) is 5. The van der Waals surface area contributed by atoms with Crippen molar-refractivity contribution in [2.24, 2.45) is 5.84 Å². The average molecular weight is 255 g/mol. The van der Waals surface area contributed by atoms with Gasteiger partial charge in [0.15, 0.2) is 0 Å². The van der Waals surface area contributed by atoms with E-state index in [2.05, 4.69) is 44.6 Å². The molecule has 0 saturated carbocycles. The van der Waals surface area contributed by atoms with Crippen molar-refractivity contribution in [2.75, 3.05) is 16.9 Å². The molecule has 98 valence electrons. The Hall–Kier alpha value is -2.14. The summed E-state index contributed by atoms with van der Waals surface area (Å²) >= 11 is 0. The fraction of sp³-hybridized carbons (Fsp3) is 0.286. The molecule has 0 aliphatic carbocycles. The molecule has 5 heteroatoms. The summed E-state index contributed by atoms with van der Waals surface area (Å²) < 4.78 is 0. The number of aromatic nitrogens is 2. The summed E-state index contributed by atoms with van der Waals surface area (Å²) in [6, 6.07) is 10.3. The number of benzene rings is 1. The van der Waals surface area contributed by atoms with Gasteiger partial charge in [0.2, 0.25) is 0 Å². The van der Waals surface area contributed by atoms with Gasteiger partial charge in [-0.15, -0.1) is 0 Å². The third-order valence-electron chi connectivity index (χ3n) is 3.36. The second-order valence-corrected chi connectivity index (χ2v) is 4.76. The summed E-state index contributed by atoms with van der Waals surface area (Å²) in [4.78, 5) is 11.2. The van der Waals surface area contributed by atoms with Gasteiger partial charge in [-0.2, -0.15) is 0 Å². The summed E-state index contributed by atoms with van der Waals surface area (Å²) in [5.74, 6) is 6.88. The fourth-order valence-corrected chi connectivity index (χ4v) is 2.52. The van der Waals surface area contributed by atoms with Crippen LogP contribution in [0.25, 0.3) is 0 Å². The summed E-state index contributed by atoms with van der Waals surface area (Å²) in [6.45, 7) is 3.68. The quantitative estimate of drug-likeness (QED) is 0.644. The predicted molar refractivity (Wildman–Crippen MR) is 75.8 cm³/mol. The van der Waals surface area contributed by atoms with Crippen LogP contribution in [-0.4, -0.2) is 16.5 Å². The van der Waals surface area contributed by atoms with Gasteiger partial charge in [0.05, 0.1) is 6.54 Å². The number of hydrogen-bond donors (Lipinski definition) is 2. The lowest BCUT2D eigenvalue weighted by Gasteiger charge is -2.18. The largest absolute Gasteiger partial charge is 0.363 e. The van der Waals surface area contributed by atoms with Gasteiger partial charge in [0.25, 0.3) is 0 Å². The van der Waals surface area contributed by atoms with E-state index < -0.39 is 0 Å². The number of hydrazine groups is 1. The second kappa shape index (κ2) is 4.85. The van der Waals surface area contributed by atoms with Crippen molar-refractivity contribution in [1.82, 2.24) is 9.97 Å². The first kappa shape index (κ1) is 11.9. The number of rotatable bonds is 3. The van der Waals surface area contributed by atoms with E-state index in [-0.39, 0.29) is 0 Å². The molecule has 0 fully saturated rings. The first-order valence-electron chi connectivity index (χ1n) is 6.40. The van der Waals surface area contributed by atoms with E-state index in [0.29, 0.717) is 12.4 Å². The Balaban J connectivity index is 1.85. The lowest BCUT2D eigenvalue weighted by Crippen LogP contribution is -2.22. The maximum absolute atomic E-state index is 5.42. The zero-order valence-corrected chi connectivity index (χ0v) is 10.9. The zero-order chi connectivity index (χ0) is 13.2. The van der Waals surface area contributed by atoms with Gasteiger partial charge in [-0.3, -0.25) is 0 Å². The molecular formula is C14H17N5. The minimum atomic E-state index is 0.662. The molecule has 0 radical (unpaired) electrons. The Labute approximate surface area is 112 Å². The molecule has 1 aliphatic heterocycles. The monoisotopic (exact) mass is 255 g/mol. The van der Waals surface area contributed by atoms with Crippen LogP contribution < -0.4 is 16.2 Å². The molecule has 0 atom stereocenters. The lowest BCUT2D eigenvalue weighted by atomic mass is 10.2. The van der Waals surface area contributed by atoms with Crippen molar-refractivity contribution in [3.63, 3.8) is 0 Å². The van der Waals surface area contributed by atoms with Crippen LogP contribution in [0, 0.1) is 6.92 Å². The molecule has 3 rings (SSSR count). The van der Waals surface area contributed by atoms with Gasteiger partial charge in [0, 0.05) is 24.0 Å². The molecular weight excluding hydrogens is 238 g/mol. The van der Waals surface area contributed by atoms with Crippen LogP contribution in [0.4, 0.5) is 11.5 Å². The number of nitrogen functional groups attached to an aromatic ring is 1. The minimum absolute atomic E-state index is 0.662. The molecule has 1 aliphatic rings. The highest BCUT2D eigenvalue weighted by atomic mass is 15.3. The molecule has 0 spiro atoms. The number of aryl methyl sites for hydroxylation is 1. The van der Waals surface area contributed by atoms with E-state index in [0.717, 1.165) is 24.5 Å². The van der Waals surface area contributed by atoms with E-state index in [1.807, 2.05) is 13.0 Å². The smallest absolute Gasteiger partial charge is 0.150 e. The third-order valence-corrected chi connectivity index (χ3v) is 3.36. The molecule has 0 saturated heterocycles. The van der Waals surface area contributed by atoms with Crippen LogP contribution >= 0.6 is 0 Å². The molecule has 2 aromatic rings. The Bertz CT molecular complexity index is 596. The van der Waals surface area contributed by atoms with Gasteiger partial charge >= 0.3 is 0 Å². The van der Waals surface area contributed by atoms with Crippen molar-refractivity contribution < 1.29 is 0 Å². The van der Waals surface area contributed by atoms with Crippen molar-refractivity contribution in [3.8, 4) is 0 Å². The second-order valence-electron chi connectivity index (χ2n) is 4.76. The number of para-hydroxylation sites is 1. The molecule has 1 aromatic carbocycles. The Morgan fingerprint density at radius 3 is 3.00 bits per heavy atom. The van der Waals surface area contributed by atoms with E-state index >= 15 is 0 Å². The van der Waals surface area contributed by atoms with E-state index in [1.165, 1.54) is 11.3 Å². The fourth-order valence-electron chi connectivity index (χ4n) is 2.52. The highest BCUT2D eigenvalue weighted by Gasteiger charge is 2.19. The maximum Gasteiger partial charge on any atom is 0.150 e. The predicted octanol–water partition coefficient (Wildman–Crippen LogP) is 1.63. The molecule has 19 heavy (non-hydrogen) atoms. The minimum Gasteiger partial charge on any atom is -0.363 e. The lowest BCUT2D eigenvalue weighted by molar-refractivity contribution is 0.780. The van der Waals surface area contributed by atoms with Crippen molar-refractivity contribution in [3.05, 3.63) is 47.4 Å². The van der Waals surface area contributed by atoms with Crippen LogP contribution in [0.3, 0.4) is 0 Å². The standard InChI is InChI=1S/C14H17N5/c1-10-8-13(18-15)17-14(16-10)9-19-7-6-11-4-2-3-5-12(11)19/h2-5,8H,6-7,9,15H2,1H3,(H,16,17,18). The van der Waals surface area contributed by atoms with Crippen LogP contribution in [-0.2, 0) is 13.0 Å². The number of anilines is 2.